The highest BCUT2D eigenvalue weighted by Crippen LogP contribution is 2.27. The Morgan fingerprint density at radius 2 is 2.07 bits per heavy atom. The lowest BCUT2D eigenvalue weighted by molar-refractivity contribution is -0.115. The monoisotopic (exact) mass is 379 g/mol. The van der Waals surface area contributed by atoms with Gasteiger partial charge in [-0.2, -0.15) is 4.98 Å². The number of carbonyl (C=O) groups is 1. The van der Waals surface area contributed by atoms with Gasteiger partial charge in [0.1, 0.15) is 5.82 Å². The van der Waals surface area contributed by atoms with Crippen LogP contribution in [0.25, 0.3) is 0 Å². The van der Waals surface area contributed by atoms with Gasteiger partial charge in [-0.05, 0) is 42.3 Å². The van der Waals surface area contributed by atoms with Gasteiger partial charge in [0.2, 0.25) is 11.9 Å². The Kier molecular flexibility index (Phi) is 4.64. The second kappa shape index (κ2) is 7.25. The molecule has 27 heavy (non-hydrogen) atoms. The molecule has 0 spiro atoms. The van der Waals surface area contributed by atoms with Crippen molar-refractivity contribution in [2.24, 2.45) is 0 Å². The number of anilines is 4. The van der Waals surface area contributed by atoms with E-state index in [1.165, 1.54) is 0 Å². The first-order valence-corrected chi connectivity index (χ1v) is 8.97. The maximum Gasteiger partial charge on any atom is 0.229 e. The Balaban J connectivity index is 1.50. The fourth-order valence-corrected chi connectivity index (χ4v) is 3.14. The number of nitrogens with zero attached hydrogens (tertiary/aromatic N) is 2. The fraction of sp³-hybridized carbons (Fsp3) is 0.150. The summed E-state index contributed by atoms with van der Waals surface area (Å²) in [4.78, 5) is 20.4. The largest absolute Gasteiger partial charge is 0.366 e. The Morgan fingerprint density at radius 3 is 2.93 bits per heavy atom. The zero-order valence-electron chi connectivity index (χ0n) is 14.7. The molecule has 0 bridgehead atoms. The summed E-state index contributed by atoms with van der Waals surface area (Å²) in [5.41, 5.74) is 4.61. The lowest BCUT2D eigenvalue weighted by Crippen LogP contribution is -2.06. The van der Waals surface area contributed by atoms with Crippen molar-refractivity contribution < 1.29 is 4.79 Å². The van der Waals surface area contributed by atoms with E-state index in [-0.39, 0.29) is 5.91 Å². The van der Waals surface area contributed by atoms with Crippen molar-refractivity contribution in [2.45, 2.75) is 19.9 Å². The van der Waals surface area contributed by atoms with Crippen molar-refractivity contribution in [3.8, 4) is 0 Å². The maximum atomic E-state index is 11.5. The number of benzene rings is 2. The van der Waals surface area contributed by atoms with Gasteiger partial charge in [-0.3, -0.25) is 4.79 Å². The first kappa shape index (κ1) is 17.3. The van der Waals surface area contributed by atoms with Crippen LogP contribution in [-0.2, 0) is 17.8 Å². The van der Waals surface area contributed by atoms with Crippen molar-refractivity contribution >= 4 is 40.6 Å². The smallest absolute Gasteiger partial charge is 0.229 e. The van der Waals surface area contributed by atoms with Crippen LogP contribution >= 0.6 is 11.6 Å². The minimum absolute atomic E-state index is 0.0137. The number of nitrogens with one attached hydrogen (secondary N) is 3. The van der Waals surface area contributed by atoms with Crippen molar-refractivity contribution in [3.05, 3.63) is 70.4 Å². The molecule has 0 radical (unpaired) electrons. The zero-order chi connectivity index (χ0) is 18.8. The van der Waals surface area contributed by atoms with Crippen molar-refractivity contribution in [1.29, 1.82) is 0 Å². The van der Waals surface area contributed by atoms with Crippen LogP contribution < -0.4 is 16.0 Å². The summed E-state index contributed by atoms with van der Waals surface area (Å²) in [7, 11) is 0. The third-order valence-corrected chi connectivity index (χ3v) is 4.73. The lowest BCUT2D eigenvalue weighted by Gasteiger charge is -2.12. The molecule has 2 heterocycles. The van der Waals surface area contributed by atoms with Gasteiger partial charge in [0, 0.05) is 34.7 Å². The van der Waals surface area contributed by atoms with Crippen molar-refractivity contribution in [2.75, 3.05) is 16.0 Å². The number of hydrogen-bond donors (Lipinski definition) is 3. The molecule has 0 saturated heterocycles. The third-order valence-electron chi connectivity index (χ3n) is 4.36. The second-order valence-electron chi connectivity index (χ2n) is 6.39. The number of rotatable bonds is 5. The molecule has 1 amide bonds. The summed E-state index contributed by atoms with van der Waals surface area (Å²) < 4.78 is 0. The van der Waals surface area contributed by atoms with Crippen LogP contribution in [0.3, 0.4) is 0 Å². The molecule has 2 aromatic carbocycles. The molecule has 0 saturated carbocycles. The molecule has 136 valence electrons. The van der Waals surface area contributed by atoms with Gasteiger partial charge in [-0.1, -0.05) is 29.8 Å². The number of aromatic nitrogens is 2. The number of hydrogen-bond acceptors (Lipinski definition) is 5. The highest BCUT2D eigenvalue weighted by atomic mass is 35.5. The van der Waals surface area contributed by atoms with Gasteiger partial charge in [-0.15, -0.1) is 0 Å². The van der Waals surface area contributed by atoms with Gasteiger partial charge < -0.3 is 16.0 Å². The molecule has 1 aromatic heterocycles. The van der Waals surface area contributed by atoms with Gasteiger partial charge in [0.05, 0.1) is 6.42 Å². The van der Waals surface area contributed by atoms with Gasteiger partial charge in [0.25, 0.3) is 0 Å². The van der Waals surface area contributed by atoms with Crippen molar-refractivity contribution in [1.82, 2.24) is 9.97 Å². The number of halogens is 1. The van der Waals surface area contributed by atoms with Crippen LogP contribution in [0.4, 0.5) is 23.1 Å². The molecule has 6 nitrogen and oxygen atoms in total. The first-order valence-electron chi connectivity index (χ1n) is 8.59. The summed E-state index contributed by atoms with van der Waals surface area (Å²) >= 11 is 6.21. The van der Waals surface area contributed by atoms with E-state index in [2.05, 4.69) is 25.9 Å². The third kappa shape index (κ3) is 3.85. The van der Waals surface area contributed by atoms with E-state index in [1.54, 1.807) is 6.20 Å². The average Bonchev–Trinajstić information content (AvgIpc) is 3.02. The fourth-order valence-electron chi connectivity index (χ4n) is 2.94. The van der Waals surface area contributed by atoms with Crippen LogP contribution in [-0.4, -0.2) is 15.9 Å². The predicted molar refractivity (Wildman–Crippen MR) is 108 cm³/mol. The Labute approximate surface area is 162 Å². The average molecular weight is 380 g/mol. The van der Waals surface area contributed by atoms with Gasteiger partial charge in [-0.25, -0.2) is 4.98 Å². The number of fused-ring (bicyclic) bond motifs is 1. The van der Waals surface area contributed by atoms with Crippen LogP contribution in [0.2, 0.25) is 5.02 Å². The molecule has 0 atom stereocenters. The van der Waals surface area contributed by atoms with E-state index in [0.29, 0.717) is 18.9 Å². The standard InChI is InChI=1S/C20H18ClN5O/c1-12-10-23-20(24-15-6-7-17-14(8-15)9-18(27)25-17)26-19(12)22-11-13-4-2-3-5-16(13)21/h2-8,10H,9,11H2,1H3,(H,25,27)(H2,22,23,24,26). The summed E-state index contributed by atoms with van der Waals surface area (Å²) in [5, 5.41) is 10.1. The minimum Gasteiger partial charge on any atom is -0.366 e. The van der Waals surface area contributed by atoms with E-state index in [0.717, 1.165) is 38.9 Å². The molecule has 0 unspecified atom stereocenters. The second-order valence-corrected chi connectivity index (χ2v) is 6.80. The zero-order valence-corrected chi connectivity index (χ0v) is 15.5. The quantitative estimate of drug-likeness (QED) is 0.616. The lowest BCUT2D eigenvalue weighted by atomic mass is 10.1. The van der Waals surface area contributed by atoms with Gasteiger partial charge in [0.15, 0.2) is 0 Å². The summed E-state index contributed by atoms with van der Waals surface area (Å²) in [6.07, 6.45) is 2.16. The molecule has 3 N–H and O–H groups in total. The molecule has 3 aromatic rings. The molecule has 1 aliphatic heterocycles. The van der Waals surface area contributed by atoms with E-state index in [9.17, 15) is 4.79 Å². The molecule has 0 aliphatic carbocycles. The van der Waals surface area contributed by atoms with E-state index < -0.39 is 0 Å². The normalized spacial score (nSPS) is 12.4. The minimum atomic E-state index is 0.0137. The van der Waals surface area contributed by atoms with E-state index in [1.807, 2.05) is 49.4 Å². The highest BCUT2D eigenvalue weighted by Gasteiger charge is 2.17. The van der Waals surface area contributed by atoms with Gasteiger partial charge >= 0.3 is 0 Å². The number of carbonyl (C=O) groups excluding carboxylic acids is 1. The van der Waals surface area contributed by atoms with Crippen LogP contribution in [0.1, 0.15) is 16.7 Å². The van der Waals surface area contributed by atoms with Crippen LogP contribution in [0, 0.1) is 6.92 Å². The Hall–Kier alpha value is -3.12. The predicted octanol–water partition coefficient (Wildman–Crippen LogP) is 4.29. The summed E-state index contributed by atoms with van der Waals surface area (Å²) in [6.45, 7) is 2.52. The topological polar surface area (TPSA) is 78.9 Å². The maximum absolute atomic E-state index is 11.5. The molecule has 0 fully saturated rings. The summed E-state index contributed by atoms with van der Waals surface area (Å²) in [6, 6.07) is 13.4. The van der Waals surface area contributed by atoms with Crippen molar-refractivity contribution in [3.63, 3.8) is 0 Å². The molecule has 7 heteroatoms. The van der Waals surface area contributed by atoms with Crippen LogP contribution in [0.5, 0.6) is 0 Å². The van der Waals surface area contributed by atoms with E-state index >= 15 is 0 Å². The molecule has 1 aliphatic rings. The summed E-state index contributed by atoms with van der Waals surface area (Å²) in [5.74, 6) is 1.24. The number of aryl methyl sites for hydroxylation is 1. The Morgan fingerprint density at radius 1 is 1.22 bits per heavy atom. The highest BCUT2D eigenvalue weighted by molar-refractivity contribution is 6.31. The first-order chi connectivity index (χ1) is 13.1. The number of amides is 1. The van der Waals surface area contributed by atoms with E-state index in [4.69, 9.17) is 11.6 Å². The molecule has 4 rings (SSSR count). The SMILES string of the molecule is Cc1cnc(Nc2ccc3c(c2)CC(=O)N3)nc1NCc1ccccc1Cl. The van der Waals surface area contributed by atoms with Crippen LogP contribution in [0.15, 0.2) is 48.7 Å². The Bertz CT molecular complexity index is 1020. The molecular weight excluding hydrogens is 362 g/mol. The molecular formula is C20H18ClN5O.